The summed E-state index contributed by atoms with van der Waals surface area (Å²) in [7, 11) is 4.50. The van der Waals surface area contributed by atoms with E-state index in [1.807, 2.05) is 18.2 Å². The summed E-state index contributed by atoms with van der Waals surface area (Å²) in [6, 6.07) is 19.7. The van der Waals surface area contributed by atoms with E-state index < -0.39 is 5.97 Å². The summed E-state index contributed by atoms with van der Waals surface area (Å²) in [4.78, 5) is 26.7. The van der Waals surface area contributed by atoms with E-state index in [-0.39, 0.29) is 30.4 Å². The molecule has 36 heavy (non-hydrogen) atoms. The van der Waals surface area contributed by atoms with Crippen LogP contribution in [0.25, 0.3) is 0 Å². The van der Waals surface area contributed by atoms with Gasteiger partial charge in [-0.2, -0.15) is 0 Å². The number of amides is 1. The number of carbonyl (C=O) groups is 2. The van der Waals surface area contributed by atoms with Gasteiger partial charge < -0.3 is 29.0 Å². The Morgan fingerprint density at radius 2 is 1.44 bits per heavy atom. The molecule has 0 radical (unpaired) electrons. The van der Waals surface area contributed by atoms with Crippen molar-refractivity contribution in [2.75, 3.05) is 41.0 Å². The van der Waals surface area contributed by atoms with Gasteiger partial charge >= 0.3 is 5.97 Å². The lowest BCUT2D eigenvalue weighted by Crippen LogP contribution is -2.36. The maximum atomic E-state index is 13.6. The van der Waals surface area contributed by atoms with E-state index in [2.05, 4.69) is 12.1 Å². The second-order valence-electron chi connectivity index (χ2n) is 7.95. The van der Waals surface area contributed by atoms with Crippen molar-refractivity contribution in [2.45, 2.75) is 12.8 Å². The van der Waals surface area contributed by atoms with Crippen molar-refractivity contribution in [1.29, 1.82) is 0 Å². The Hall–Kier alpha value is -4.20. The van der Waals surface area contributed by atoms with Gasteiger partial charge in [-0.25, -0.2) is 4.79 Å². The van der Waals surface area contributed by atoms with Crippen molar-refractivity contribution in [3.05, 3.63) is 83.4 Å². The molecule has 0 bridgehead atoms. The van der Waals surface area contributed by atoms with Gasteiger partial charge in [0.1, 0.15) is 17.9 Å². The molecule has 0 aliphatic carbocycles. The number of aromatic carboxylic acids is 1. The van der Waals surface area contributed by atoms with Crippen molar-refractivity contribution < 1.29 is 33.6 Å². The lowest BCUT2D eigenvalue weighted by Gasteiger charge is -2.24. The highest BCUT2D eigenvalue weighted by molar-refractivity contribution is 5.95. The predicted octanol–water partition coefficient (Wildman–Crippen LogP) is 4.56. The standard InChI is InChI=1S/C28H31NO7/c1-33-24-18-21(19-25(34-2)26(24)35-3)27(30)29(15-9-12-20-10-5-4-6-11-20)16-17-36-23-14-8-7-13-22(23)28(31)32/h4-8,10-11,13-14,18-19H,9,12,15-17H2,1-3H3,(H,31,32). The van der Waals surface area contributed by atoms with Gasteiger partial charge in [-0.1, -0.05) is 42.5 Å². The largest absolute Gasteiger partial charge is 0.493 e. The summed E-state index contributed by atoms with van der Waals surface area (Å²) in [5.41, 5.74) is 1.64. The molecule has 0 aromatic heterocycles. The molecule has 0 saturated carbocycles. The van der Waals surface area contributed by atoms with Crippen LogP contribution in [-0.4, -0.2) is 62.9 Å². The van der Waals surface area contributed by atoms with E-state index in [0.717, 1.165) is 12.8 Å². The molecule has 0 aliphatic rings. The van der Waals surface area contributed by atoms with Gasteiger partial charge in [0.15, 0.2) is 11.5 Å². The van der Waals surface area contributed by atoms with Crippen molar-refractivity contribution in [3.8, 4) is 23.0 Å². The number of nitrogens with zero attached hydrogens (tertiary/aromatic N) is 1. The molecule has 3 rings (SSSR count). The van der Waals surface area contributed by atoms with Gasteiger partial charge in [-0.05, 0) is 42.7 Å². The number of carbonyl (C=O) groups excluding carboxylic acids is 1. The molecular formula is C28H31NO7. The monoisotopic (exact) mass is 493 g/mol. The van der Waals surface area contributed by atoms with Crippen LogP contribution in [0.1, 0.15) is 32.7 Å². The molecule has 0 heterocycles. The molecule has 190 valence electrons. The Bertz CT molecular complexity index is 1140. The highest BCUT2D eigenvalue weighted by atomic mass is 16.5. The number of methoxy groups -OCH3 is 3. The number of hydrogen-bond acceptors (Lipinski definition) is 6. The van der Waals surface area contributed by atoms with Crippen LogP contribution in [0.4, 0.5) is 0 Å². The first-order valence-electron chi connectivity index (χ1n) is 11.6. The zero-order valence-electron chi connectivity index (χ0n) is 20.7. The van der Waals surface area contributed by atoms with Gasteiger partial charge in [0.25, 0.3) is 5.91 Å². The smallest absolute Gasteiger partial charge is 0.339 e. The van der Waals surface area contributed by atoms with Crippen molar-refractivity contribution in [3.63, 3.8) is 0 Å². The van der Waals surface area contributed by atoms with Crippen molar-refractivity contribution >= 4 is 11.9 Å². The molecule has 0 unspecified atom stereocenters. The molecule has 8 nitrogen and oxygen atoms in total. The number of ether oxygens (including phenoxy) is 4. The van der Waals surface area contributed by atoms with Gasteiger partial charge in [-0.3, -0.25) is 4.79 Å². The van der Waals surface area contributed by atoms with Crippen LogP contribution in [0.5, 0.6) is 23.0 Å². The molecule has 1 amide bonds. The maximum absolute atomic E-state index is 13.6. The Kier molecular flexibility index (Phi) is 9.56. The number of rotatable bonds is 13. The molecule has 1 N–H and O–H groups in total. The lowest BCUT2D eigenvalue weighted by atomic mass is 10.1. The van der Waals surface area contributed by atoms with Gasteiger partial charge in [0.2, 0.25) is 5.75 Å². The van der Waals surface area contributed by atoms with Gasteiger partial charge in [0, 0.05) is 12.1 Å². The molecule has 0 saturated heterocycles. The molecule has 0 aliphatic heterocycles. The van der Waals surface area contributed by atoms with E-state index in [4.69, 9.17) is 18.9 Å². The summed E-state index contributed by atoms with van der Waals surface area (Å²) in [6.45, 7) is 0.873. The van der Waals surface area contributed by atoms with Crippen molar-refractivity contribution in [1.82, 2.24) is 4.90 Å². The summed E-state index contributed by atoms with van der Waals surface area (Å²) in [5, 5.41) is 9.40. The zero-order chi connectivity index (χ0) is 25.9. The lowest BCUT2D eigenvalue weighted by molar-refractivity contribution is 0.0680. The highest BCUT2D eigenvalue weighted by Gasteiger charge is 2.21. The van der Waals surface area contributed by atoms with Crippen LogP contribution in [0.2, 0.25) is 0 Å². The molecule has 3 aromatic rings. The average Bonchev–Trinajstić information content (AvgIpc) is 2.91. The Morgan fingerprint density at radius 1 is 0.806 bits per heavy atom. The number of carboxylic acid groups (broad SMARTS) is 1. The molecule has 0 fully saturated rings. The average molecular weight is 494 g/mol. The fourth-order valence-corrected chi connectivity index (χ4v) is 3.86. The van der Waals surface area contributed by atoms with E-state index >= 15 is 0 Å². The molecule has 8 heteroatoms. The minimum atomic E-state index is -1.07. The number of benzene rings is 3. The van der Waals surface area contributed by atoms with Gasteiger partial charge in [-0.15, -0.1) is 0 Å². The second-order valence-corrected chi connectivity index (χ2v) is 7.95. The minimum Gasteiger partial charge on any atom is -0.493 e. The third-order valence-corrected chi connectivity index (χ3v) is 5.67. The topological polar surface area (TPSA) is 94.5 Å². The minimum absolute atomic E-state index is 0.0732. The zero-order valence-corrected chi connectivity index (χ0v) is 20.7. The van der Waals surface area contributed by atoms with Crippen LogP contribution >= 0.6 is 0 Å². The van der Waals surface area contributed by atoms with Crippen molar-refractivity contribution in [2.24, 2.45) is 0 Å². The summed E-state index contributed by atoms with van der Waals surface area (Å²) < 4.78 is 21.9. The van der Waals surface area contributed by atoms with E-state index in [0.29, 0.717) is 29.4 Å². The fourth-order valence-electron chi connectivity index (χ4n) is 3.86. The first-order chi connectivity index (χ1) is 17.5. The number of para-hydroxylation sites is 1. The van der Waals surface area contributed by atoms with E-state index in [1.54, 1.807) is 35.2 Å². The molecule has 0 atom stereocenters. The number of aryl methyl sites for hydroxylation is 1. The maximum Gasteiger partial charge on any atom is 0.339 e. The Balaban J connectivity index is 1.79. The van der Waals surface area contributed by atoms with Crippen LogP contribution < -0.4 is 18.9 Å². The highest BCUT2D eigenvalue weighted by Crippen LogP contribution is 2.38. The first kappa shape index (κ1) is 26.4. The van der Waals surface area contributed by atoms with Crippen LogP contribution in [-0.2, 0) is 6.42 Å². The van der Waals surface area contributed by atoms with E-state index in [9.17, 15) is 14.7 Å². The molecule has 0 spiro atoms. The third kappa shape index (κ3) is 6.69. The van der Waals surface area contributed by atoms with Crippen LogP contribution in [0.15, 0.2) is 66.7 Å². The van der Waals surface area contributed by atoms with Crippen LogP contribution in [0.3, 0.4) is 0 Å². The van der Waals surface area contributed by atoms with Crippen LogP contribution in [0, 0.1) is 0 Å². The number of hydrogen-bond donors (Lipinski definition) is 1. The summed E-state index contributed by atoms with van der Waals surface area (Å²) in [5.74, 6) is 0.138. The second kappa shape index (κ2) is 13.0. The fraction of sp³-hybridized carbons (Fsp3) is 0.286. The van der Waals surface area contributed by atoms with Gasteiger partial charge in [0.05, 0.1) is 27.9 Å². The summed E-state index contributed by atoms with van der Waals surface area (Å²) in [6.07, 6.45) is 1.55. The molecular weight excluding hydrogens is 462 g/mol. The Labute approximate surface area is 211 Å². The quantitative estimate of drug-likeness (QED) is 0.373. The van der Waals surface area contributed by atoms with E-state index in [1.165, 1.54) is 33.0 Å². The molecule has 3 aromatic carbocycles. The predicted molar refractivity (Wildman–Crippen MR) is 136 cm³/mol. The number of carboxylic acids is 1. The first-order valence-corrected chi connectivity index (χ1v) is 11.6. The SMILES string of the molecule is COc1cc(C(=O)N(CCCc2ccccc2)CCOc2ccccc2C(=O)O)cc(OC)c1OC. The Morgan fingerprint density at radius 3 is 2.06 bits per heavy atom. The third-order valence-electron chi connectivity index (χ3n) is 5.67. The normalized spacial score (nSPS) is 10.4. The summed E-state index contributed by atoms with van der Waals surface area (Å²) >= 11 is 0.